The summed E-state index contributed by atoms with van der Waals surface area (Å²) in [4.78, 5) is 0. The molecule has 0 heterocycles. The third kappa shape index (κ3) is 24.4. The SMILES string of the molecule is CCCCCCC(C)C(=S)OCC(COC(=S)C(C)CCCCCC)(COC(=S)C(C)CCCCCC)COC(=S)C(C)CCCCCC. The topological polar surface area (TPSA) is 36.9 Å². The van der Waals surface area contributed by atoms with Gasteiger partial charge in [-0.3, -0.25) is 0 Å². The Kier molecular flexibility index (Phi) is 30.8. The van der Waals surface area contributed by atoms with Gasteiger partial charge in [0.25, 0.3) is 0 Å². The van der Waals surface area contributed by atoms with Crippen LogP contribution in [0, 0.1) is 29.1 Å². The lowest BCUT2D eigenvalue weighted by molar-refractivity contribution is -0.0195. The number of thiocarbonyl (C=S) groups is 4. The Morgan fingerprint density at radius 1 is 0.367 bits per heavy atom. The van der Waals surface area contributed by atoms with Crippen molar-refractivity contribution in [3.8, 4) is 0 Å². The molecule has 0 aromatic rings. The first kappa shape index (κ1) is 48.6. The molecular formula is C41H76O4S4. The molecule has 0 aliphatic heterocycles. The van der Waals surface area contributed by atoms with Crippen LogP contribution in [0.15, 0.2) is 0 Å². The highest BCUT2D eigenvalue weighted by Crippen LogP contribution is 2.27. The van der Waals surface area contributed by atoms with Crippen LogP contribution in [0.4, 0.5) is 0 Å². The zero-order valence-corrected chi connectivity index (χ0v) is 36.3. The molecule has 0 spiro atoms. The number of hydrogen-bond acceptors (Lipinski definition) is 8. The van der Waals surface area contributed by atoms with Crippen LogP contribution in [0.1, 0.15) is 184 Å². The van der Waals surface area contributed by atoms with Crippen molar-refractivity contribution >= 4 is 69.1 Å². The van der Waals surface area contributed by atoms with Crippen molar-refractivity contribution < 1.29 is 18.9 Å². The second-order valence-electron chi connectivity index (χ2n) is 14.9. The maximum atomic E-state index is 6.44. The van der Waals surface area contributed by atoms with E-state index in [-0.39, 0.29) is 23.7 Å². The monoisotopic (exact) mass is 760 g/mol. The minimum Gasteiger partial charge on any atom is -0.486 e. The Morgan fingerprint density at radius 3 is 0.755 bits per heavy atom. The first-order chi connectivity index (χ1) is 23.5. The zero-order valence-electron chi connectivity index (χ0n) is 33.0. The van der Waals surface area contributed by atoms with E-state index >= 15 is 0 Å². The number of rotatable bonds is 32. The van der Waals surface area contributed by atoms with E-state index < -0.39 is 5.41 Å². The van der Waals surface area contributed by atoms with Gasteiger partial charge in [0.05, 0.1) is 0 Å². The lowest BCUT2D eigenvalue weighted by Crippen LogP contribution is -2.44. The van der Waals surface area contributed by atoms with Gasteiger partial charge in [0, 0.05) is 23.7 Å². The fraction of sp³-hybridized carbons (Fsp3) is 0.902. The van der Waals surface area contributed by atoms with E-state index in [9.17, 15) is 0 Å². The van der Waals surface area contributed by atoms with Crippen molar-refractivity contribution in [1.29, 1.82) is 0 Å². The summed E-state index contributed by atoms with van der Waals surface area (Å²) in [6, 6.07) is 0. The summed E-state index contributed by atoms with van der Waals surface area (Å²) in [5.41, 5.74) is -0.698. The van der Waals surface area contributed by atoms with Gasteiger partial charge < -0.3 is 18.9 Å². The van der Waals surface area contributed by atoms with Crippen molar-refractivity contribution in [3.63, 3.8) is 0 Å². The van der Waals surface area contributed by atoms with Gasteiger partial charge in [0.2, 0.25) is 0 Å². The van der Waals surface area contributed by atoms with E-state index in [0.29, 0.717) is 46.6 Å². The number of hydrogen-bond donors (Lipinski definition) is 0. The molecular weight excluding hydrogens is 685 g/mol. The normalized spacial score (nSPS) is 15.0. The molecule has 0 fully saturated rings. The molecule has 4 unspecified atom stereocenters. The van der Waals surface area contributed by atoms with Crippen LogP contribution >= 0.6 is 48.9 Å². The van der Waals surface area contributed by atoms with E-state index in [1.807, 2.05) is 0 Å². The highest BCUT2D eigenvalue weighted by molar-refractivity contribution is 7.80. The molecule has 288 valence electrons. The van der Waals surface area contributed by atoms with E-state index in [0.717, 1.165) is 51.4 Å². The predicted octanol–water partition coefficient (Wildman–Crippen LogP) is 13.8. The third-order valence-corrected chi connectivity index (χ3v) is 11.7. The first-order valence-corrected chi connectivity index (χ1v) is 21.8. The molecule has 4 nitrogen and oxygen atoms in total. The lowest BCUT2D eigenvalue weighted by atomic mass is 9.91. The van der Waals surface area contributed by atoms with Crippen molar-refractivity contribution in [2.45, 2.75) is 184 Å². The van der Waals surface area contributed by atoms with Gasteiger partial charge in [-0.25, -0.2) is 0 Å². The molecule has 0 aliphatic carbocycles. The van der Waals surface area contributed by atoms with Gasteiger partial charge in [-0.1, -0.05) is 158 Å². The van der Waals surface area contributed by atoms with Crippen molar-refractivity contribution in [1.82, 2.24) is 0 Å². The van der Waals surface area contributed by atoms with Crippen molar-refractivity contribution in [3.05, 3.63) is 0 Å². The maximum absolute atomic E-state index is 6.44. The van der Waals surface area contributed by atoms with E-state index in [4.69, 9.17) is 67.8 Å². The van der Waals surface area contributed by atoms with Crippen LogP contribution in [-0.2, 0) is 18.9 Å². The summed E-state index contributed by atoms with van der Waals surface area (Å²) in [5.74, 6) is 0.741. The van der Waals surface area contributed by atoms with Crippen LogP contribution in [-0.4, -0.2) is 46.6 Å². The third-order valence-electron chi connectivity index (χ3n) is 9.65. The van der Waals surface area contributed by atoms with Crippen LogP contribution in [0.25, 0.3) is 0 Å². The molecule has 8 heteroatoms. The average molecular weight is 761 g/mol. The minimum absolute atomic E-state index is 0.185. The molecule has 4 atom stereocenters. The van der Waals surface area contributed by atoms with Gasteiger partial charge in [-0.05, 0) is 74.6 Å². The molecule has 0 saturated heterocycles. The van der Waals surface area contributed by atoms with E-state index in [1.54, 1.807) is 0 Å². The van der Waals surface area contributed by atoms with Crippen molar-refractivity contribution in [2.75, 3.05) is 26.4 Å². The summed E-state index contributed by atoms with van der Waals surface area (Å²) in [7, 11) is 0. The quantitative estimate of drug-likeness (QED) is 0.0496. The first-order valence-electron chi connectivity index (χ1n) is 20.1. The van der Waals surface area contributed by atoms with Crippen LogP contribution in [0.5, 0.6) is 0 Å². The lowest BCUT2D eigenvalue weighted by Gasteiger charge is -2.35. The van der Waals surface area contributed by atoms with Gasteiger partial charge >= 0.3 is 0 Å². The van der Waals surface area contributed by atoms with E-state index in [1.165, 1.54) is 77.0 Å². The predicted molar refractivity (Wildman–Crippen MR) is 228 cm³/mol. The fourth-order valence-electron chi connectivity index (χ4n) is 5.70. The molecule has 0 aliphatic rings. The summed E-state index contributed by atoms with van der Waals surface area (Å²) < 4.78 is 25.8. The maximum Gasteiger partial charge on any atom is 0.162 e. The summed E-state index contributed by atoms with van der Waals surface area (Å²) in [6.45, 7) is 18.8. The Morgan fingerprint density at radius 2 is 0.571 bits per heavy atom. The second-order valence-corrected chi connectivity index (χ2v) is 16.5. The largest absolute Gasteiger partial charge is 0.486 e. The molecule has 0 rings (SSSR count). The van der Waals surface area contributed by atoms with Gasteiger partial charge in [-0.2, -0.15) is 0 Å². The molecule has 0 radical (unpaired) electrons. The molecule has 0 N–H and O–H groups in total. The highest BCUT2D eigenvalue weighted by atomic mass is 32.1. The van der Waals surface area contributed by atoms with Crippen LogP contribution in [0.3, 0.4) is 0 Å². The molecule has 0 bridgehead atoms. The number of unbranched alkanes of at least 4 members (excludes halogenated alkanes) is 12. The molecule has 49 heavy (non-hydrogen) atoms. The van der Waals surface area contributed by atoms with Crippen LogP contribution in [0.2, 0.25) is 0 Å². The molecule has 0 aromatic carbocycles. The minimum atomic E-state index is -0.698. The molecule has 0 saturated carbocycles. The molecule has 0 amide bonds. The summed E-state index contributed by atoms with van der Waals surface area (Å²) >= 11 is 23.4. The molecule has 0 aromatic heterocycles. The highest BCUT2D eigenvalue weighted by Gasteiger charge is 2.38. The standard InChI is InChI=1S/C41H76O4S4/c1-9-13-17-21-25-33(5)37(46)42-29-41(30-43-38(47)34(6)26-22-18-14-10-2,31-44-39(48)35(7)27-23-19-15-11-3)32-45-40(49)36(8)28-24-20-16-12-4/h33-36H,9-32H2,1-8H3. The summed E-state index contributed by atoms with van der Waals surface area (Å²) in [6.07, 6.45) is 23.4. The second kappa shape index (κ2) is 31.1. The Bertz CT molecular complexity index is 738. The van der Waals surface area contributed by atoms with E-state index in [2.05, 4.69) is 55.4 Å². The Labute approximate surface area is 325 Å². The Balaban J connectivity index is 5.98. The fourth-order valence-corrected chi connectivity index (χ4v) is 6.40. The zero-order chi connectivity index (χ0) is 36.9. The van der Waals surface area contributed by atoms with Crippen molar-refractivity contribution in [2.24, 2.45) is 29.1 Å². The van der Waals surface area contributed by atoms with Gasteiger partial charge in [0.1, 0.15) is 31.8 Å². The average Bonchev–Trinajstić information content (AvgIpc) is 3.10. The Hall–Kier alpha value is -0.440. The number of ether oxygens (including phenoxy) is 4. The van der Waals surface area contributed by atoms with Gasteiger partial charge in [-0.15, -0.1) is 0 Å². The van der Waals surface area contributed by atoms with Gasteiger partial charge in [0.15, 0.2) is 20.2 Å². The van der Waals surface area contributed by atoms with Crippen LogP contribution < -0.4 is 0 Å². The summed E-state index contributed by atoms with van der Waals surface area (Å²) in [5, 5.41) is 2.52. The smallest absolute Gasteiger partial charge is 0.162 e.